The molecule has 0 aromatic rings. The summed E-state index contributed by atoms with van der Waals surface area (Å²) in [5.41, 5.74) is -0.607. The molecule has 0 aromatic heterocycles. The summed E-state index contributed by atoms with van der Waals surface area (Å²) in [4.78, 5) is 66.5. The van der Waals surface area contributed by atoms with Gasteiger partial charge in [0.1, 0.15) is 12.1 Å². The number of amides is 5. The van der Waals surface area contributed by atoms with Gasteiger partial charge in [-0.15, -0.1) is 6.58 Å². The Balaban J connectivity index is 2.25. The highest BCUT2D eigenvalue weighted by Crippen LogP contribution is 2.64. The number of carbonyl (C=O) groups excluding carboxylic acids is 5. The molecule has 208 valence electrons. The van der Waals surface area contributed by atoms with Crippen molar-refractivity contribution in [3.8, 4) is 0 Å². The van der Waals surface area contributed by atoms with Crippen LogP contribution in [0.2, 0.25) is 0 Å². The van der Waals surface area contributed by atoms with Gasteiger partial charge in [-0.25, -0.2) is 4.79 Å². The van der Waals surface area contributed by atoms with Crippen LogP contribution in [0.1, 0.15) is 68.2 Å². The Morgan fingerprint density at radius 2 is 1.73 bits per heavy atom. The molecule has 1 saturated heterocycles. The van der Waals surface area contributed by atoms with Gasteiger partial charge in [0.25, 0.3) is 5.91 Å². The highest BCUT2D eigenvalue weighted by molar-refractivity contribution is 6.38. The van der Waals surface area contributed by atoms with Crippen molar-refractivity contribution < 1.29 is 24.0 Å². The van der Waals surface area contributed by atoms with E-state index < -0.39 is 47.3 Å². The lowest BCUT2D eigenvalue weighted by Crippen LogP contribution is -2.60. The van der Waals surface area contributed by atoms with Crippen LogP contribution in [-0.4, -0.2) is 71.2 Å². The number of rotatable bonds is 11. The molecule has 0 spiro atoms. The fourth-order valence-corrected chi connectivity index (χ4v) is 5.25. The average molecular weight is 520 g/mol. The van der Waals surface area contributed by atoms with E-state index >= 15 is 0 Å². The van der Waals surface area contributed by atoms with E-state index in [9.17, 15) is 24.0 Å². The topological polar surface area (TPSA) is 137 Å². The largest absolute Gasteiger partial charge is 0.346 e. The van der Waals surface area contributed by atoms with Gasteiger partial charge in [0, 0.05) is 18.6 Å². The third-order valence-corrected chi connectivity index (χ3v) is 7.31. The van der Waals surface area contributed by atoms with Crippen LogP contribution in [0.25, 0.3) is 0 Å². The standard InChI is InChI=1S/C27H45N5O5/c1-10-12-17(21(33)23(35)28-13-11-2)29-22(34)20-18-16(27(18,8)9)14-32(20)24(36)19(15(3)4)30-25(37)31-26(5,6)7/h11,15-20H,2,10,12-14H2,1,3-9H3,(H,28,35)(H,29,34)(H2,30,31,37)/t16?,17?,18-,19-,20-/m0/s1. The van der Waals surface area contributed by atoms with Crippen LogP contribution in [0.5, 0.6) is 0 Å². The average Bonchev–Trinajstić information content (AvgIpc) is 3.11. The lowest BCUT2D eigenvalue weighted by molar-refractivity contribution is -0.144. The Labute approximate surface area is 220 Å². The minimum atomic E-state index is -0.989. The first-order chi connectivity index (χ1) is 17.1. The second-order valence-electron chi connectivity index (χ2n) is 12.2. The molecular weight excluding hydrogens is 474 g/mol. The molecule has 0 bridgehead atoms. The molecule has 10 heteroatoms. The van der Waals surface area contributed by atoms with Gasteiger partial charge in [0.2, 0.25) is 17.6 Å². The van der Waals surface area contributed by atoms with Crippen molar-refractivity contribution in [3.05, 3.63) is 12.7 Å². The Morgan fingerprint density at radius 1 is 1.11 bits per heavy atom. The number of piperidine rings is 1. The van der Waals surface area contributed by atoms with E-state index in [0.717, 1.165) is 0 Å². The first kappa shape index (κ1) is 30.3. The first-order valence-electron chi connectivity index (χ1n) is 13.2. The lowest BCUT2D eigenvalue weighted by Gasteiger charge is -2.35. The lowest BCUT2D eigenvalue weighted by atomic mass is 9.96. The summed E-state index contributed by atoms with van der Waals surface area (Å²) in [6.45, 7) is 19.3. The Bertz CT molecular complexity index is 923. The van der Waals surface area contributed by atoms with Crippen LogP contribution < -0.4 is 21.3 Å². The van der Waals surface area contributed by atoms with E-state index in [1.54, 1.807) is 4.90 Å². The van der Waals surface area contributed by atoms with Gasteiger partial charge in [-0.1, -0.05) is 47.1 Å². The van der Waals surface area contributed by atoms with Crippen LogP contribution in [0.3, 0.4) is 0 Å². The van der Waals surface area contributed by atoms with Crippen molar-refractivity contribution in [1.82, 2.24) is 26.2 Å². The molecule has 4 N–H and O–H groups in total. The van der Waals surface area contributed by atoms with Crippen molar-refractivity contribution in [2.45, 2.75) is 91.9 Å². The maximum absolute atomic E-state index is 13.7. The van der Waals surface area contributed by atoms with Gasteiger partial charge in [0.15, 0.2) is 0 Å². The van der Waals surface area contributed by atoms with E-state index in [4.69, 9.17) is 0 Å². The minimum Gasteiger partial charge on any atom is -0.346 e. The Hall–Kier alpha value is -2.91. The Morgan fingerprint density at radius 3 is 2.24 bits per heavy atom. The van der Waals surface area contributed by atoms with Crippen LogP contribution in [0, 0.1) is 23.2 Å². The van der Waals surface area contributed by atoms with E-state index in [1.165, 1.54) is 6.08 Å². The third-order valence-electron chi connectivity index (χ3n) is 7.31. The summed E-state index contributed by atoms with van der Waals surface area (Å²) in [5, 5.41) is 10.8. The van der Waals surface area contributed by atoms with Crippen molar-refractivity contribution in [1.29, 1.82) is 0 Å². The summed E-state index contributed by atoms with van der Waals surface area (Å²) >= 11 is 0. The maximum Gasteiger partial charge on any atom is 0.315 e. The molecule has 5 amide bonds. The first-order valence-corrected chi connectivity index (χ1v) is 13.2. The molecule has 0 aromatic carbocycles. The summed E-state index contributed by atoms with van der Waals surface area (Å²) in [6, 6.07) is -3.05. The van der Waals surface area contributed by atoms with Gasteiger partial charge in [-0.05, 0) is 50.4 Å². The molecule has 37 heavy (non-hydrogen) atoms. The number of fused-ring (bicyclic) bond motifs is 1. The number of carbonyl (C=O) groups is 5. The maximum atomic E-state index is 13.7. The molecule has 5 atom stereocenters. The molecule has 1 heterocycles. The zero-order valence-corrected chi connectivity index (χ0v) is 23.6. The summed E-state index contributed by atoms with van der Waals surface area (Å²) in [6.07, 6.45) is 2.35. The number of nitrogens with one attached hydrogen (secondary N) is 4. The molecule has 1 saturated carbocycles. The molecule has 0 radical (unpaired) electrons. The van der Waals surface area contributed by atoms with Crippen molar-refractivity contribution in [2.24, 2.45) is 23.2 Å². The minimum absolute atomic E-state index is 0.0698. The molecule has 10 nitrogen and oxygen atoms in total. The predicted octanol–water partition coefficient (Wildman–Crippen LogP) is 1.75. The fourth-order valence-electron chi connectivity index (χ4n) is 5.25. The van der Waals surface area contributed by atoms with Crippen LogP contribution in [0.15, 0.2) is 12.7 Å². The number of likely N-dealkylation sites (tertiary alicyclic amines) is 1. The van der Waals surface area contributed by atoms with E-state index in [2.05, 4.69) is 41.7 Å². The molecule has 2 aliphatic rings. The normalized spacial score (nSPS) is 23.4. The third kappa shape index (κ3) is 7.11. The number of Topliss-reactive ketones (excluding diaryl/α,β-unsaturated/α-hetero) is 1. The molecule has 2 fully saturated rings. The number of hydrogen-bond donors (Lipinski definition) is 4. The fraction of sp³-hybridized carbons (Fsp3) is 0.741. The summed E-state index contributed by atoms with van der Waals surface area (Å²) < 4.78 is 0. The number of urea groups is 1. The second kappa shape index (κ2) is 11.6. The van der Waals surface area contributed by atoms with Gasteiger partial charge < -0.3 is 26.2 Å². The monoisotopic (exact) mass is 519 g/mol. The molecule has 2 unspecified atom stereocenters. The molecule has 1 aliphatic heterocycles. The highest BCUT2D eigenvalue weighted by Gasteiger charge is 2.69. The van der Waals surface area contributed by atoms with Gasteiger partial charge >= 0.3 is 6.03 Å². The van der Waals surface area contributed by atoms with Crippen molar-refractivity contribution in [3.63, 3.8) is 0 Å². The van der Waals surface area contributed by atoms with E-state index in [1.807, 2.05) is 41.5 Å². The van der Waals surface area contributed by atoms with Crippen LogP contribution in [-0.2, 0) is 19.2 Å². The zero-order valence-electron chi connectivity index (χ0n) is 23.6. The van der Waals surface area contributed by atoms with Crippen LogP contribution in [0.4, 0.5) is 4.79 Å². The summed E-state index contributed by atoms with van der Waals surface area (Å²) in [5.74, 6) is -2.42. The van der Waals surface area contributed by atoms with Crippen molar-refractivity contribution in [2.75, 3.05) is 13.1 Å². The summed E-state index contributed by atoms with van der Waals surface area (Å²) in [7, 11) is 0. The van der Waals surface area contributed by atoms with E-state index in [-0.39, 0.29) is 35.6 Å². The quantitative estimate of drug-likeness (QED) is 0.244. The number of hydrogen-bond acceptors (Lipinski definition) is 5. The highest BCUT2D eigenvalue weighted by atomic mass is 16.2. The Kier molecular flexibility index (Phi) is 9.54. The molecule has 2 rings (SSSR count). The second-order valence-corrected chi connectivity index (χ2v) is 12.2. The zero-order chi connectivity index (χ0) is 28.3. The molecule has 1 aliphatic carbocycles. The van der Waals surface area contributed by atoms with E-state index in [0.29, 0.717) is 19.4 Å². The SMILES string of the molecule is C=CCNC(=O)C(=O)C(CCC)NC(=O)[C@@H]1[C@@H]2C(CN1C(=O)[C@@H](NC(=O)NC(C)(C)C)C(C)C)C2(C)C. The van der Waals surface area contributed by atoms with Crippen LogP contribution >= 0.6 is 0 Å². The smallest absolute Gasteiger partial charge is 0.315 e. The number of nitrogens with zero attached hydrogens (tertiary/aromatic N) is 1. The van der Waals surface area contributed by atoms with Gasteiger partial charge in [-0.3, -0.25) is 19.2 Å². The number of ketones is 1. The van der Waals surface area contributed by atoms with Crippen molar-refractivity contribution >= 4 is 29.5 Å². The van der Waals surface area contributed by atoms with Gasteiger partial charge in [-0.2, -0.15) is 0 Å². The predicted molar refractivity (Wildman–Crippen MR) is 141 cm³/mol. The molecular formula is C27H45N5O5. The van der Waals surface area contributed by atoms with Gasteiger partial charge in [0.05, 0.1) is 6.04 Å².